The first-order valence-electron chi connectivity index (χ1n) is 6.58. The summed E-state index contributed by atoms with van der Waals surface area (Å²) in [5.41, 5.74) is 1.16. The van der Waals surface area contributed by atoms with E-state index in [4.69, 9.17) is 21.7 Å². The lowest BCUT2D eigenvalue weighted by molar-refractivity contribution is 0.354. The zero-order valence-electron chi connectivity index (χ0n) is 11.7. The van der Waals surface area contributed by atoms with E-state index < -0.39 is 0 Å². The number of ether oxygens (including phenoxy) is 2. The van der Waals surface area contributed by atoms with Crippen LogP contribution in [0.25, 0.3) is 0 Å². The predicted octanol–water partition coefficient (Wildman–Crippen LogP) is 2.64. The Morgan fingerprint density at radius 2 is 1.95 bits per heavy atom. The lowest BCUT2D eigenvalue weighted by Crippen LogP contribution is -2.37. The van der Waals surface area contributed by atoms with Gasteiger partial charge in [-0.3, -0.25) is 0 Å². The summed E-state index contributed by atoms with van der Waals surface area (Å²) in [5, 5.41) is 7.22. The fourth-order valence-electron chi connectivity index (χ4n) is 1.86. The zero-order valence-corrected chi connectivity index (χ0v) is 14.1. The average molecular weight is 359 g/mol. The largest absolute Gasteiger partial charge is 0.493 e. The topological polar surface area (TPSA) is 42.5 Å². The fraction of sp³-hybridized carbons (Fsp3) is 0.500. The Balaban J connectivity index is 1.89. The van der Waals surface area contributed by atoms with Gasteiger partial charge in [-0.25, -0.2) is 0 Å². The van der Waals surface area contributed by atoms with Crippen LogP contribution in [0.15, 0.2) is 16.6 Å². The molecule has 1 saturated carbocycles. The van der Waals surface area contributed by atoms with Crippen molar-refractivity contribution in [2.45, 2.75) is 25.3 Å². The fourth-order valence-corrected chi connectivity index (χ4v) is 2.65. The van der Waals surface area contributed by atoms with Crippen molar-refractivity contribution >= 4 is 33.3 Å². The molecule has 0 spiro atoms. The van der Waals surface area contributed by atoms with Crippen LogP contribution < -0.4 is 20.1 Å². The normalized spacial score (nSPS) is 13.8. The van der Waals surface area contributed by atoms with Crippen LogP contribution >= 0.6 is 28.1 Å². The second kappa shape index (κ2) is 7.13. The SMILES string of the molecule is COc1cc(Br)c(CCNC(=S)NC2CC2)cc1OC. The molecule has 0 unspecified atom stereocenters. The predicted molar refractivity (Wildman–Crippen MR) is 87.7 cm³/mol. The quantitative estimate of drug-likeness (QED) is 0.765. The van der Waals surface area contributed by atoms with E-state index in [2.05, 4.69) is 26.6 Å². The maximum atomic E-state index is 5.32. The minimum absolute atomic E-state index is 0.586. The summed E-state index contributed by atoms with van der Waals surface area (Å²) in [6.07, 6.45) is 3.31. The molecule has 1 aliphatic rings. The first kappa shape index (κ1) is 15.4. The van der Waals surface area contributed by atoms with E-state index in [1.807, 2.05) is 12.1 Å². The highest BCUT2D eigenvalue weighted by Gasteiger charge is 2.21. The van der Waals surface area contributed by atoms with Crippen molar-refractivity contribution in [3.8, 4) is 11.5 Å². The molecule has 0 amide bonds. The third kappa shape index (κ3) is 4.24. The summed E-state index contributed by atoms with van der Waals surface area (Å²) >= 11 is 8.79. The van der Waals surface area contributed by atoms with E-state index in [9.17, 15) is 0 Å². The van der Waals surface area contributed by atoms with Gasteiger partial charge >= 0.3 is 0 Å². The van der Waals surface area contributed by atoms with E-state index in [0.29, 0.717) is 6.04 Å². The third-order valence-corrected chi connectivity index (χ3v) is 4.15. The number of nitrogens with one attached hydrogen (secondary N) is 2. The van der Waals surface area contributed by atoms with Crippen LogP contribution in [0.3, 0.4) is 0 Å². The van der Waals surface area contributed by atoms with E-state index in [1.54, 1.807) is 14.2 Å². The molecule has 1 fully saturated rings. The second-order valence-electron chi connectivity index (χ2n) is 4.72. The molecule has 1 aromatic rings. The molecule has 0 atom stereocenters. The summed E-state index contributed by atoms with van der Waals surface area (Å²) in [6, 6.07) is 4.50. The lowest BCUT2D eigenvalue weighted by atomic mass is 10.1. The van der Waals surface area contributed by atoms with Crippen molar-refractivity contribution in [1.29, 1.82) is 0 Å². The number of hydrogen-bond donors (Lipinski definition) is 2. The van der Waals surface area contributed by atoms with Gasteiger partial charge in [0, 0.05) is 17.1 Å². The van der Waals surface area contributed by atoms with Crippen LogP contribution in [0.4, 0.5) is 0 Å². The van der Waals surface area contributed by atoms with E-state index in [1.165, 1.54) is 12.8 Å². The summed E-state index contributed by atoms with van der Waals surface area (Å²) in [6.45, 7) is 0.784. The number of benzene rings is 1. The molecular weight excluding hydrogens is 340 g/mol. The maximum absolute atomic E-state index is 5.32. The van der Waals surface area contributed by atoms with E-state index in [-0.39, 0.29) is 0 Å². The maximum Gasteiger partial charge on any atom is 0.166 e. The molecule has 0 radical (unpaired) electrons. The Labute approximate surface area is 133 Å². The molecule has 1 aliphatic carbocycles. The minimum atomic E-state index is 0.586. The molecule has 0 bridgehead atoms. The molecule has 4 nitrogen and oxygen atoms in total. The van der Waals surface area contributed by atoms with Gasteiger partial charge in [-0.15, -0.1) is 0 Å². The second-order valence-corrected chi connectivity index (χ2v) is 5.99. The van der Waals surface area contributed by atoms with Crippen molar-refractivity contribution in [3.63, 3.8) is 0 Å². The average Bonchev–Trinajstić information content (AvgIpc) is 3.23. The number of halogens is 1. The smallest absolute Gasteiger partial charge is 0.166 e. The van der Waals surface area contributed by atoms with Crippen LogP contribution in [0.2, 0.25) is 0 Å². The molecular formula is C14H19BrN2O2S. The highest BCUT2D eigenvalue weighted by atomic mass is 79.9. The molecule has 0 saturated heterocycles. The van der Waals surface area contributed by atoms with Crippen molar-refractivity contribution in [3.05, 3.63) is 22.2 Å². The molecule has 0 aliphatic heterocycles. The zero-order chi connectivity index (χ0) is 14.5. The Kier molecular flexibility index (Phi) is 5.48. The minimum Gasteiger partial charge on any atom is -0.493 e. The summed E-state index contributed by atoms with van der Waals surface area (Å²) in [4.78, 5) is 0. The molecule has 2 N–H and O–H groups in total. The van der Waals surface area contributed by atoms with Crippen LogP contribution in [0.5, 0.6) is 11.5 Å². The van der Waals surface area contributed by atoms with Gasteiger partial charge in [-0.2, -0.15) is 0 Å². The molecule has 0 aromatic heterocycles. The van der Waals surface area contributed by atoms with Crippen molar-refractivity contribution in [1.82, 2.24) is 10.6 Å². The van der Waals surface area contributed by atoms with Gasteiger partial charge in [0.25, 0.3) is 0 Å². The highest BCUT2D eigenvalue weighted by molar-refractivity contribution is 9.10. The van der Waals surface area contributed by atoms with Crippen LogP contribution in [0, 0.1) is 0 Å². The molecule has 110 valence electrons. The van der Waals surface area contributed by atoms with Crippen molar-refractivity contribution in [2.24, 2.45) is 0 Å². The number of thiocarbonyl (C=S) groups is 1. The van der Waals surface area contributed by atoms with Crippen LogP contribution in [-0.2, 0) is 6.42 Å². The Hall–Kier alpha value is -1.01. The lowest BCUT2D eigenvalue weighted by Gasteiger charge is -2.13. The van der Waals surface area contributed by atoms with Crippen LogP contribution in [-0.4, -0.2) is 31.9 Å². The van der Waals surface area contributed by atoms with Gasteiger partial charge in [0.1, 0.15) is 0 Å². The summed E-state index contributed by atoms with van der Waals surface area (Å²) < 4.78 is 11.6. The van der Waals surface area contributed by atoms with Crippen molar-refractivity contribution in [2.75, 3.05) is 20.8 Å². The van der Waals surface area contributed by atoms with Gasteiger partial charge in [0.2, 0.25) is 0 Å². The van der Waals surface area contributed by atoms with E-state index >= 15 is 0 Å². The number of rotatable bonds is 6. The Morgan fingerprint density at radius 3 is 2.55 bits per heavy atom. The highest BCUT2D eigenvalue weighted by Crippen LogP contribution is 2.33. The molecule has 2 rings (SSSR count). The third-order valence-electron chi connectivity index (χ3n) is 3.15. The number of hydrogen-bond acceptors (Lipinski definition) is 3. The molecule has 0 heterocycles. The monoisotopic (exact) mass is 358 g/mol. The first-order valence-corrected chi connectivity index (χ1v) is 7.79. The summed E-state index contributed by atoms with van der Waals surface area (Å²) in [5.74, 6) is 1.46. The van der Waals surface area contributed by atoms with E-state index in [0.717, 1.165) is 39.6 Å². The number of methoxy groups -OCH3 is 2. The van der Waals surface area contributed by atoms with Gasteiger partial charge in [0.05, 0.1) is 14.2 Å². The van der Waals surface area contributed by atoms with Gasteiger partial charge in [-0.05, 0) is 49.2 Å². The molecule has 6 heteroatoms. The molecule has 1 aromatic carbocycles. The standard InChI is InChI=1S/C14H19BrN2O2S/c1-18-12-7-9(11(15)8-13(12)19-2)5-6-16-14(20)17-10-3-4-10/h7-8,10H,3-6H2,1-2H3,(H2,16,17,20). The van der Waals surface area contributed by atoms with Gasteiger partial charge in [-0.1, -0.05) is 15.9 Å². The van der Waals surface area contributed by atoms with Gasteiger partial charge < -0.3 is 20.1 Å². The molecule has 20 heavy (non-hydrogen) atoms. The van der Waals surface area contributed by atoms with Crippen molar-refractivity contribution < 1.29 is 9.47 Å². The first-order chi connectivity index (χ1) is 9.63. The summed E-state index contributed by atoms with van der Waals surface area (Å²) in [7, 11) is 3.27. The van der Waals surface area contributed by atoms with Crippen LogP contribution in [0.1, 0.15) is 18.4 Å². The Morgan fingerprint density at radius 1 is 1.30 bits per heavy atom. The van der Waals surface area contributed by atoms with Gasteiger partial charge in [0.15, 0.2) is 16.6 Å². The Bertz CT molecular complexity index is 492.